The van der Waals surface area contributed by atoms with Crippen LogP contribution in [0.5, 0.6) is 0 Å². The smallest absolute Gasteiger partial charge is 0.407 e. The maximum absolute atomic E-state index is 11.1. The summed E-state index contributed by atoms with van der Waals surface area (Å²) in [5.74, 6) is 0.128. The summed E-state index contributed by atoms with van der Waals surface area (Å²) >= 11 is 0. The number of nitrogens with one attached hydrogen (secondary N) is 1. The Morgan fingerprint density at radius 2 is 2.15 bits per heavy atom. The van der Waals surface area contributed by atoms with Crippen LogP contribution in [-0.2, 0) is 14.6 Å². The van der Waals surface area contributed by atoms with Gasteiger partial charge in [0.05, 0.1) is 24.2 Å². The molecule has 0 aromatic rings. The van der Waals surface area contributed by atoms with Crippen molar-refractivity contribution in [1.82, 2.24) is 5.32 Å². The molecule has 0 aromatic heterocycles. The average Bonchev–Trinajstić information content (AvgIpc) is 2.25. The Hall–Kier alpha value is -0.780. The van der Waals surface area contributed by atoms with Crippen molar-refractivity contribution in [2.24, 2.45) is 0 Å². The molecule has 5 nitrogen and oxygen atoms in total. The standard InChI is InChI=1S/C7H13NO4S/c1-7(8-6(9)12-2)3-4-13(10,11)5-7/h3-5H2,1-2H3,(H,8,9)/t7-/m0/s1. The highest BCUT2D eigenvalue weighted by molar-refractivity contribution is 7.91. The molecule has 1 rings (SSSR count). The lowest BCUT2D eigenvalue weighted by atomic mass is 10.0. The van der Waals surface area contributed by atoms with Gasteiger partial charge >= 0.3 is 6.09 Å². The Morgan fingerprint density at radius 3 is 2.54 bits per heavy atom. The largest absolute Gasteiger partial charge is 0.453 e. The zero-order valence-electron chi connectivity index (χ0n) is 7.66. The number of methoxy groups -OCH3 is 1. The van der Waals surface area contributed by atoms with Crippen molar-refractivity contribution in [1.29, 1.82) is 0 Å². The van der Waals surface area contributed by atoms with Gasteiger partial charge in [0.2, 0.25) is 0 Å². The molecule has 1 saturated heterocycles. The average molecular weight is 207 g/mol. The molecule has 0 spiro atoms. The fraction of sp³-hybridized carbons (Fsp3) is 0.857. The van der Waals surface area contributed by atoms with Gasteiger partial charge in [-0.25, -0.2) is 13.2 Å². The first-order valence-electron chi connectivity index (χ1n) is 3.93. The second-order valence-electron chi connectivity index (χ2n) is 3.52. The number of amides is 1. The lowest BCUT2D eigenvalue weighted by Crippen LogP contribution is -2.46. The third-order valence-electron chi connectivity index (χ3n) is 2.09. The van der Waals surface area contributed by atoms with E-state index in [0.29, 0.717) is 6.42 Å². The van der Waals surface area contributed by atoms with Gasteiger partial charge in [-0.1, -0.05) is 0 Å². The minimum Gasteiger partial charge on any atom is -0.453 e. The van der Waals surface area contributed by atoms with Crippen LogP contribution in [0.4, 0.5) is 4.79 Å². The van der Waals surface area contributed by atoms with Crippen LogP contribution in [0.2, 0.25) is 0 Å². The van der Waals surface area contributed by atoms with Gasteiger partial charge in [-0.05, 0) is 13.3 Å². The summed E-state index contributed by atoms with van der Waals surface area (Å²) < 4.78 is 26.6. The van der Waals surface area contributed by atoms with Crippen molar-refractivity contribution in [2.45, 2.75) is 18.9 Å². The lowest BCUT2D eigenvalue weighted by molar-refractivity contribution is 0.160. The number of hydrogen-bond acceptors (Lipinski definition) is 4. The molecule has 0 aliphatic carbocycles. The molecule has 1 atom stereocenters. The summed E-state index contributed by atoms with van der Waals surface area (Å²) in [6.45, 7) is 1.70. The quantitative estimate of drug-likeness (QED) is 0.652. The number of carbonyl (C=O) groups is 1. The van der Waals surface area contributed by atoms with Crippen molar-refractivity contribution in [3.8, 4) is 0 Å². The van der Waals surface area contributed by atoms with Crippen molar-refractivity contribution < 1.29 is 17.9 Å². The Balaban J connectivity index is 2.65. The predicted molar refractivity (Wildman–Crippen MR) is 47.2 cm³/mol. The minimum atomic E-state index is -2.98. The molecule has 6 heteroatoms. The Bertz CT molecular complexity index is 310. The third kappa shape index (κ3) is 2.58. The van der Waals surface area contributed by atoms with Gasteiger partial charge in [-0.3, -0.25) is 0 Å². The van der Waals surface area contributed by atoms with Crippen molar-refractivity contribution in [3.05, 3.63) is 0 Å². The number of sulfone groups is 1. The van der Waals surface area contributed by atoms with Crippen LogP contribution in [0.3, 0.4) is 0 Å². The summed E-state index contributed by atoms with van der Waals surface area (Å²) in [6, 6.07) is 0. The summed E-state index contributed by atoms with van der Waals surface area (Å²) in [5, 5.41) is 2.52. The van der Waals surface area contributed by atoms with Crippen LogP contribution in [0, 0.1) is 0 Å². The number of ether oxygens (including phenoxy) is 1. The van der Waals surface area contributed by atoms with Crippen LogP contribution >= 0.6 is 0 Å². The number of hydrogen-bond donors (Lipinski definition) is 1. The van der Waals surface area contributed by atoms with E-state index >= 15 is 0 Å². The van der Waals surface area contributed by atoms with Crippen molar-refractivity contribution in [2.75, 3.05) is 18.6 Å². The molecule has 1 amide bonds. The molecule has 76 valence electrons. The highest BCUT2D eigenvalue weighted by Crippen LogP contribution is 2.22. The summed E-state index contributed by atoms with van der Waals surface area (Å²) in [7, 11) is -1.73. The summed E-state index contributed by atoms with van der Waals surface area (Å²) in [4.78, 5) is 10.9. The van der Waals surface area contributed by atoms with Gasteiger partial charge < -0.3 is 10.1 Å². The van der Waals surface area contributed by atoms with E-state index in [1.807, 2.05) is 0 Å². The molecule has 1 aliphatic rings. The molecule has 13 heavy (non-hydrogen) atoms. The molecule has 1 N–H and O–H groups in total. The monoisotopic (exact) mass is 207 g/mol. The normalized spacial score (nSPS) is 31.2. The molecule has 0 aromatic carbocycles. The summed E-state index contributed by atoms with van der Waals surface area (Å²) in [5.41, 5.74) is -0.661. The van der Waals surface area contributed by atoms with Crippen molar-refractivity contribution >= 4 is 15.9 Å². The molecule has 0 saturated carbocycles. The fourth-order valence-electron chi connectivity index (χ4n) is 1.41. The first kappa shape index (κ1) is 10.3. The zero-order chi connectivity index (χ0) is 10.1. The van der Waals surface area contributed by atoms with E-state index in [9.17, 15) is 13.2 Å². The van der Waals surface area contributed by atoms with Crippen molar-refractivity contribution in [3.63, 3.8) is 0 Å². The SMILES string of the molecule is COC(=O)N[C@@]1(C)CCS(=O)(=O)C1. The Kier molecular flexibility index (Phi) is 2.51. The molecular formula is C7H13NO4S. The van der Waals surface area contributed by atoms with Crippen LogP contribution in [0.15, 0.2) is 0 Å². The predicted octanol–water partition coefficient (Wildman–Crippen LogP) is -0.0804. The van der Waals surface area contributed by atoms with Gasteiger partial charge in [0, 0.05) is 0 Å². The van der Waals surface area contributed by atoms with E-state index in [2.05, 4.69) is 10.1 Å². The Morgan fingerprint density at radius 1 is 1.54 bits per heavy atom. The number of alkyl carbamates (subject to hydrolysis) is 1. The maximum Gasteiger partial charge on any atom is 0.407 e. The van der Waals surface area contributed by atoms with Crippen LogP contribution < -0.4 is 5.32 Å². The first-order valence-corrected chi connectivity index (χ1v) is 5.76. The molecule has 0 unspecified atom stereocenters. The first-order chi connectivity index (χ1) is 5.87. The molecule has 0 radical (unpaired) electrons. The van der Waals surface area contributed by atoms with Gasteiger partial charge in [-0.15, -0.1) is 0 Å². The maximum atomic E-state index is 11.1. The molecular weight excluding hydrogens is 194 g/mol. The topological polar surface area (TPSA) is 72.5 Å². The second-order valence-corrected chi connectivity index (χ2v) is 5.70. The van der Waals surface area contributed by atoms with E-state index in [0.717, 1.165) is 0 Å². The summed E-state index contributed by atoms with van der Waals surface area (Å²) in [6.07, 6.45) is -0.135. The lowest BCUT2D eigenvalue weighted by Gasteiger charge is -2.22. The number of carbonyl (C=O) groups excluding carboxylic acids is 1. The van der Waals surface area contributed by atoms with Gasteiger partial charge in [0.1, 0.15) is 0 Å². The van der Waals surface area contributed by atoms with E-state index < -0.39 is 21.5 Å². The molecule has 1 heterocycles. The fourth-order valence-corrected chi connectivity index (χ4v) is 3.50. The van der Waals surface area contributed by atoms with E-state index in [4.69, 9.17) is 0 Å². The Labute approximate surface area is 77.4 Å². The number of rotatable bonds is 1. The van der Waals surface area contributed by atoms with E-state index in [-0.39, 0.29) is 11.5 Å². The van der Waals surface area contributed by atoms with E-state index in [1.54, 1.807) is 6.92 Å². The van der Waals surface area contributed by atoms with Gasteiger partial charge in [-0.2, -0.15) is 0 Å². The minimum absolute atomic E-state index is 0.00486. The van der Waals surface area contributed by atoms with Crippen LogP contribution in [0.25, 0.3) is 0 Å². The highest BCUT2D eigenvalue weighted by atomic mass is 32.2. The molecule has 1 fully saturated rings. The zero-order valence-corrected chi connectivity index (χ0v) is 8.48. The van der Waals surface area contributed by atoms with Crippen LogP contribution in [0.1, 0.15) is 13.3 Å². The second kappa shape index (κ2) is 3.17. The van der Waals surface area contributed by atoms with E-state index in [1.165, 1.54) is 7.11 Å². The molecule has 0 bridgehead atoms. The van der Waals surface area contributed by atoms with Crippen LogP contribution in [-0.4, -0.2) is 38.7 Å². The third-order valence-corrected chi connectivity index (χ3v) is 4.00. The molecule has 1 aliphatic heterocycles. The van der Waals surface area contributed by atoms with Gasteiger partial charge in [0.15, 0.2) is 9.84 Å². The van der Waals surface area contributed by atoms with Gasteiger partial charge in [0.25, 0.3) is 0 Å². The highest BCUT2D eigenvalue weighted by Gasteiger charge is 2.39.